The smallest absolute Gasteiger partial charge is 0.308 e. The summed E-state index contributed by atoms with van der Waals surface area (Å²) in [5.41, 5.74) is 1.86. The van der Waals surface area contributed by atoms with E-state index in [-0.39, 0.29) is 18.3 Å². The summed E-state index contributed by atoms with van der Waals surface area (Å²) >= 11 is 0. The molecule has 1 aromatic rings. The third kappa shape index (κ3) is 2.61. The van der Waals surface area contributed by atoms with Gasteiger partial charge in [0.1, 0.15) is 0 Å². The monoisotopic (exact) mass is 273 g/mol. The van der Waals surface area contributed by atoms with Gasteiger partial charge in [-0.1, -0.05) is 0 Å². The van der Waals surface area contributed by atoms with Gasteiger partial charge in [0.2, 0.25) is 0 Å². The number of aliphatic carboxylic acids is 1. The molecule has 0 radical (unpaired) electrons. The second-order valence-corrected chi connectivity index (χ2v) is 3.98. The predicted molar refractivity (Wildman–Crippen MR) is 70.1 cm³/mol. The van der Waals surface area contributed by atoms with Crippen molar-refractivity contribution in [1.29, 1.82) is 0 Å². The van der Waals surface area contributed by atoms with Crippen LogP contribution in [0.25, 0.3) is 0 Å². The number of anilines is 1. The van der Waals surface area contributed by atoms with Crippen molar-refractivity contribution in [3.8, 4) is 11.5 Å². The summed E-state index contributed by atoms with van der Waals surface area (Å²) in [6.07, 6.45) is 0.512. The molecular weight excluding hydrogens is 258 g/mol. The molecule has 1 aromatic carbocycles. The fourth-order valence-corrected chi connectivity index (χ4v) is 2.00. The van der Waals surface area contributed by atoms with Crippen LogP contribution < -0.4 is 14.8 Å². The first-order valence-electron chi connectivity index (χ1n) is 5.37. The van der Waals surface area contributed by atoms with Crippen molar-refractivity contribution < 1.29 is 19.4 Å². The normalized spacial score (nSPS) is 16.9. The van der Waals surface area contributed by atoms with Gasteiger partial charge in [-0.3, -0.25) is 4.79 Å². The number of ether oxygens (including phenoxy) is 2. The van der Waals surface area contributed by atoms with E-state index in [0.717, 1.165) is 11.3 Å². The van der Waals surface area contributed by atoms with Gasteiger partial charge in [0.15, 0.2) is 11.5 Å². The Balaban J connectivity index is 0.00000162. The van der Waals surface area contributed by atoms with Crippen LogP contribution in [0.4, 0.5) is 5.69 Å². The average molecular weight is 274 g/mol. The Morgan fingerprint density at radius 2 is 1.94 bits per heavy atom. The highest BCUT2D eigenvalue weighted by Gasteiger charge is 2.25. The number of fused-ring (bicyclic) bond motifs is 1. The van der Waals surface area contributed by atoms with Gasteiger partial charge in [-0.15, -0.1) is 12.4 Å². The minimum absolute atomic E-state index is 0. The first-order valence-corrected chi connectivity index (χ1v) is 5.37. The topological polar surface area (TPSA) is 67.8 Å². The highest BCUT2D eigenvalue weighted by molar-refractivity contribution is 5.85. The molecule has 0 bridgehead atoms. The van der Waals surface area contributed by atoms with E-state index in [2.05, 4.69) is 5.32 Å². The van der Waals surface area contributed by atoms with Gasteiger partial charge in [0.25, 0.3) is 0 Å². The van der Waals surface area contributed by atoms with Crippen molar-refractivity contribution in [2.24, 2.45) is 5.92 Å². The molecule has 0 saturated carbocycles. The van der Waals surface area contributed by atoms with Gasteiger partial charge < -0.3 is 19.9 Å². The number of carboxylic acid groups (broad SMARTS) is 1. The van der Waals surface area contributed by atoms with Crippen molar-refractivity contribution in [3.05, 3.63) is 17.7 Å². The molecule has 1 atom stereocenters. The molecule has 1 heterocycles. The minimum Gasteiger partial charge on any atom is -0.493 e. The Morgan fingerprint density at radius 3 is 2.50 bits per heavy atom. The van der Waals surface area contributed by atoms with Gasteiger partial charge >= 0.3 is 5.97 Å². The number of methoxy groups -OCH3 is 2. The molecule has 100 valence electrons. The standard InChI is InChI=1S/C12H15NO4.ClH/c1-16-10-4-7-3-8(12(14)15)6-13-9(7)5-11(10)17-2;/h4-5,8,13H,3,6H2,1-2H3,(H,14,15);1H/t8-;/m1./s1. The molecule has 0 aliphatic carbocycles. The van der Waals surface area contributed by atoms with Crippen LogP contribution in [0.2, 0.25) is 0 Å². The van der Waals surface area contributed by atoms with E-state index >= 15 is 0 Å². The van der Waals surface area contributed by atoms with Crippen molar-refractivity contribution in [2.75, 3.05) is 26.1 Å². The Morgan fingerprint density at radius 1 is 1.33 bits per heavy atom. The Kier molecular flexibility index (Phi) is 4.67. The summed E-state index contributed by atoms with van der Waals surface area (Å²) in [6, 6.07) is 3.67. The molecule has 1 aliphatic heterocycles. The molecule has 2 rings (SSSR count). The fourth-order valence-electron chi connectivity index (χ4n) is 2.00. The van der Waals surface area contributed by atoms with E-state index in [1.54, 1.807) is 14.2 Å². The van der Waals surface area contributed by atoms with E-state index in [4.69, 9.17) is 14.6 Å². The number of carboxylic acids is 1. The van der Waals surface area contributed by atoms with Crippen molar-refractivity contribution in [1.82, 2.24) is 0 Å². The van der Waals surface area contributed by atoms with Gasteiger partial charge in [-0.05, 0) is 18.1 Å². The highest BCUT2D eigenvalue weighted by Crippen LogP contribution is 2.36. The van der Waals surface area contributed by atoms with E-state index in [9.17, 15) is 4.79 Å². The SMILES string of the molecule is COc1cc2c(cc1OC)NC[C@H](C(=O)O)C2.Cl. The Hall–Kier alpha value is -1.62. The van der Waals surface area contributed by atoms with Crippen molar-refractivity contribution in [3.63, 3.8) is 0 Å². The van der Waals surface area contributed by atoms with Gasteiger partial charge in [0, 0.05) is 18.3 Å². The molecule has 2 N–H and O–H groups in total. The lowest BCUT2D eigenvalue weighted by Crippen LogP contribution is -2.29. The van der Waals surface area contributed by atoms with E-state index < -0.39 is 5.97 Å². The lowest BCUT2D eigenvalue weighted by Gasteiger charge is -2.24. The maximum atomic E-state index is 10.9. The van der Waals surface area contributed by atoms with Crippen LogP contribution in [0.3, 0.4) is 0 Å². The van der Waals surface area contributed by atoms with Gasteiger partial charge in [-0.2, -0.15) is 0 Å². The van der Waals surface area contributed by atoms with E-state index in [0.29, 0.717) is 24.5 Å². The maximum absolute atomic E-state index is 10.9. The van der Waals surface area contributed by atoms with Crippen LogP contribution in [0.1, 0.15) is 5.56 Å². The molecule has 0 amide bonds. The van der Waals surface area contributed by atoms with Crippen molar-refractivity contribution in [2.45, 2.75) is 6.42 Å². The summed E-state index contributed by atoms with van der Waals surface area (Å²) in [4.78, 5) is 10.9. The van der Waals surface area contributed by atoms with Crippen LogP contribution in [-0.4, -0.2) is 31.8 Å². The van der Waals surface area contributed by atoms with Gasteiger partial charge in [0.05, 0.1) is 20.1 Å². The lowest BCUT2D eigenvalue weighted by atomic mass is 9.94. The molecule has 6 heteroatoms. The lowest BCUT2D eigenvalue weighted by molar-refractivity contribution is -0.141. The summed E-state index contributed by atoms with van der Waals surface area (Å²) < 4.78 is 10.4. The van der Waals surface area contributed by atoms with Crippen molar-refractivity contribution >= 4 is 24.1 Å². The van der Waals surface area contributed by atoms with Crippen LogP contribution >= 0.6 is 12.4 Å². The Labute approximate surface area is 112 Å². The number of rotatable bonds is 3. The fraction of sp³-hybridized carbons (Fsp3) is 0.417. The molecule has 18 heavy (non-hydrogen) atoms. The summed E-state index contributed by atoms with van der Waals surface area (Å²) in [7, 11) is 3.14. The number of hydrogen-bond donors (Lipinski definition) is 2. The van der Waals surface area contributed by atoms with Crippen LogP contribution in [0.15, 0.2) is 12.1 Å². The molecular formula is C12H16ClNO4. The molecule has 0 unspecified atom stereocenters. The average Bonchev–Trinajstić information content (AvgIpc) is 2.36. The quantitative estimate of drug-likeness (QED) is 0.879. The molecule has 0 fully saturated rings. The number of benzene rings is 1. The number of nitrogens with one attached hydrogen (secondary N) is 1. The van der Waals surface area contributed by atoms with Gasteiger partial charge in [-0.25, -0.2) is 0 Å². The molecule has 5 nitrogen and oxygen atoms in total. The molecule has 0 aromatic heterocycles. The third-order valence-corrected chi connectivity index (χ3v) is 2.96. The minimum atomic E-state index is -0.780. The highest BCUT2D eigenvalue weighted by atomic mass is 35.5. The van der Waals surface area contributed by atoms with Crippen LogP contribution in [-0.2, 0) is 11.2 Å². The third-order valence-electron chi connectivity index (χ3n) is 2.96. The van der Waals surface area contributed by atoms with Crippen LogP contribution in [0, 0.1) is 5.92 Å². The summed E-state index contributed by atoms with van der Waals surface area (Å²) in [6.45, 7) is 0.442. The zero-order valence-corrected chi connectivity index (χ0v) is 11.0. The Bertz CT molecular complexity index is 450. The second kappa shape index (κ2) is 5.82. The van der Waals surface area contributed by atoms with E-state index in [1.165, 1.54) is 0 Å². The first kappa shape index (κ1) is 14.4. The first-order chi connectivity index (χ1) is 8.15. The van der Waals surface area contributed by atoms with Crippen LogP contribution in [0.5, 0.6) is 11.5 Å². The second-order valence-electron chi connectivity index (χ2n) is 3.98. The zero-order valence-electron chi connectivity index (χ0n) is 10.2. The molecule has 0 saturated heterocycles. The number of carbonyl (C=O) groups is 1. The number of hydrogen-bond acceptors (Lipinski definition) is 4. The maximum Gasteiger partial charge on any atom is 0.308 e. The predicted octanol–water partition coefficient (Wildman–Crippen LogP) is 1.79. The van der Waals surface area contributed by atoms with E-state index in [1.807, 2.05) is 12.1 Å². The largest absolute Gasteiger partial charge is 0.493 e. The summed E-state index contributed by atoms with van der Waals surface area (Å²) in [5, 5.41) is 12.1. The number of halogens is 1. The zero-order chi connectivity index (χ0) is 12.4. The molecule has 1 aliphatic rings. The summed E-state index contributed by atoms with van der Waals surface area (Å²) in [5.74, 6) is 0.102. The molecule has 0 spiro atoms.